The van der Waals surface area contributed by atoms with E-state index in [-0.39, 0.29) is 23.8 Å². The molecule has 0 aliphatic heterocycles. The molecule has 3 aromatic rings. The van der Waals surface area contributed by atoms with Crippen LogP contribution in [0, 0.1) is 5.82 Å². The molecular formula is C15H11FN2O3. The van der Waals surface area contributed by atoms with Crippen LogP contribution in [0.5, 0.6) is 5.75 Å². The number of carboxylic acid groups (broad SMARTS) is 1. The van der Waals surface area contributed by atoms with E-state index in [1.807, 2.05) is 0 Å². The van der Waals surface area contributed by atoms with Gasteiger partial charge in [0.25, 0.3) is 0 Å². The molecule has 0 bridgehead atoms. The minimum atomic E-state index is -1.09. The van der Waals surface area contributed by atoms with E-state index in [4.69, 9.17) is 0 Å². The fraction of sp³-hybridized carbons (Fsp3) is 0.0667. The molecule has 0 radical (unpaired) electrons. The standard InChI is InChI=1S/C15H11FN2O3/c16-11-3-1-9(2-4-11)8-18-13(15(20)21)6-10-5-12(19)7-17-14(10)18/h1-7,19H,8H2,(H,20,21). The second-order valence-corrected chi connectivity index (χ2v) is 4.65. The topological polar surface area (TPSA) is 75.3 Å². The third-order valence-corrected chi connectivity index (χ3v) is 3.19. The number of hydrogen-bond acceptors (Lipinski definition) is 3. The summed E-state index contributed by atoms with van der Waals surface area (Å²) in [5, 5.41) is 19.3. The van der Waals surface area contributed by atoms with E-state index < -0.39 is 5.97 Å². The molecule has 0 saturated carbocycles. The second kappa shape index (κ2) is 4.90. The Morgan fingerprint density at radius 2 is 1.95 bits per heavy atom. The number of halogens is 1. The summed E-state index contributed by atoms with van der Waals surface area (Å²) in [7, 11) is 0. The van der Waals surface area contributed by atoms with E-state index in [0.717, 1.165) is 5.56 Å². The molecule has 2 aromatic heterocycles. The maximum absolute atomic E-state index is 12.9. The van der Waals surface area contributed by atoms with Crippen molar-refractivity contribution < 1.29 is 19.4 Å². The minimum Gasteiger partial charge on any atom is -0.506 e. The lowest BCUT2D eigenvalue weighted by Crippen LogP contribution is -2.09. The molecule has 0 saturated heterocycles. The van der Waals surface area contributed by atoms with Gasteiger partial charge in [-0.25, -0.2) is 14.2 Å². The van der Waals surface area contributed by atoms with E-state index in [9.17, 15) is 19.4 Å². The van der Waals surface area contributed by atoms with Gasteiger partial charge in [0.2, 0.25) is 0 Å². The van der Waals surface area contributed by atoms with Crippen LogP contribution in [-0.4, -0.2) is 25.7 Å². The molecule has 2 heterocycles. The summed E-state index contributed by atoms with van der Waals surface area (Å²) in [5.41, 5.74) is 1.27. The third-order valence-electron chi connectivity index (χ3n) is 3.19. The summed E-state index contributed by atoms with van der Waals surface area (Å²) >= 11 is 0. The van der Waals surface area contributed by atoms with Crippen molar-refractivity contribution in [1.29, 1.82) is 0 Å². The van der Waals surface area contributed by atoms with Gasteiger partial charge in [-0.05, 0) is 29.8 Å². The summed E-state index contributed by atoms with van der Waals surface area (Å²) in [5.74, 6) is -1.47. The normalized spacial score (nSPS) is 10.9. The molecule has 21 heavy (non-hydrogen) atoms. The Morgan fingerprint density at radius 1 is 1.24 bits per heavy atom. The molecule has 6 heteroatoms. The zero-order chi connectivity index (χ0) is 15.0. The lowest BCUT2D eigenvalue weighted by molar-refractivity contribution is 0.0686. The number of aromatic nitrogens is 2. The van der Waals surface area contributed by atoms with Crippen molar-refractivity contribution in [3.63, 3.8) is 0 Å². The average molecular weight is 286 g/mol. The van der Waals surface area contributed by atoms with Gasteiger partial charge in [0.05, 0.1) is 6.20 Å². The van der Waals surface area contributed by atoms with Crippen LogP contribution in [0.25, 0.3) is 11.0 Å². The van der Waals surface area contributed by atoms with Crippen LogP contribution >= 0.6 is 0 Å². The van der Waals surface area contributed by atoms with Crippen molar-refractivity contribution in [1.82, 2.24) is 9.55 Å². The summed E-state index contributed by atoms with van der Waals surface area (Å²) in [6.07, 6.45) is 1.26. The Bertz CT molecular complexity index is 825. The predicted octanol–water partition coefficient (Wildman–Crippen LogP) is 2.63. The molecule has 1 aromatic carbocycles. The van der Waals surface area contributed by atoms with Gasteiger partial charge in [-0.15, -0.1) is 0 Å². The Balaban J connectivity index is 2.13. The van der Waals surface area contributed by atoms with Crippen molar-refractivity contribution in [3.05, 3.63) is 59.7 Å². The number of carbonyl (C=O) groups is 1. The molecular weight excluding hydrogens is 275 g/mol. The first-order chi connectivity index (χ1) is 10.0. The van der Waals surface area contributed by atoms with Crippen LogP contribution in [0.1, 0.15) is 16.1 Å². The quantitative estimate of drug-likeness (QED) is 0.776. The number of fused-ring (bicyclic) bond motifs is 1. The number of nitrogens with zero attached hydrogens (tertiary/aromatic N) is 2. The molecule has 0 aliphatic rings. The molecule has 0 atom stereocenters. The number of rotatable bonds is 3. The number of benzene rings is 1. The van der Waals surface area contributed by atoms with Crippen molar-refractivity contribution in [2.24, 2.45) is 0 Å². The number of carboxylic acids is 1. The highest BCUT2D eigenvalue weighted by molar-refractivity contribution is 5.93. The van der Waals surface area contributed by atoms with Crippen LogP contribution < -0.4 is 0 Å². The van der Waals surface area contributed by atoms with Crippen LogP contribution in [0.15, 0.2) is 42.6 Å². The summed E-state index contributed by atoms with van der Waals surface area (Å²) in [6.45, 7) is 0.253. The van der Waals surface area contributed by atoms with Gasteiger partial charge in [-0.1, -0.05) is 12.1 Å². The van der Waals surface area contributed by atoms with Gasteiger partial charge >= 0.3 is 5.97 Å². The largest absolute Gasteiger partial charge is 0.506 e. The van der Waals surface area contributed by atoms with E-state index >= 15 is 0 Å². The van der Waals surface area contributed by atoms with Gasteiger partial charge in [-0.3, -0.25) is 0 Å². The summed E-state index contributed by atoms with van der Waals surface area (Å²) in [6, 6.07) is 8.73. The molecule has 106 valence electrons. The Hall–Kier alpha value is -2.89. The summed E-state index contributed by atoms with van der Waals surface area (Å²) in [4.78, 5) is 15.4. The van der Waals surface area contributed by atoms with E-state index in [0.29, 0.717) is 11.0 Å². The van der Waals surface area contributed by atoms with Gasteiger partial charge in [-0.2, -0.15) is 0 Å². The van der Waals surface area contributed by atoms with Crippen LogP contribution in [0.4, 0.5) is 4.39 Å². The van der Waals surface area contributed by atoms with Gasteiger partial charge in [0.15, 0.2) is 0 Å². The Morgan fingerprint density at radius 3 is 2.62 bits per heavy atom. The molecule has 0 unspecified atom stereocenters. The Kier molecular flexibility index (Phi) is 3.06. The minimum absolute atomic E-state index is 0.0293. The highest BCUT2D eigenvalue weighted by Crippen LogP contribution is 2.23. The molecule has 5 nitrogen and oxygen atoms in total. The van der Waals surface area contributed by atoms with E-state index in [1.54, 1.807) is 12.1 Å². The van der Waals surface area contributed by atoms with Crippen LogP contribution in [0.3, 0.4) is 0 Å². The maximum Gasteiger partial charge on any atom is 0.352 e. The fourth-order valence-corrected chi connectivity index (χ4v) is 2.24. The highest BCUT2D eigenvalue weighted by atomic mass is 19.1. The van der Waals surface area contributed by atoms with Crippen molar-refractivity contribution in [3.8, 4) is 5.75 Å². The SMILES string of the molecule is O=C(O)c1cc2cc(O)cnc2n1Cc1ccc(F)cc1. The molecule has 3 rings (SSSR count). The number of aromatic carboxylic acids is 1. The molecule has 0 aliphatic carbocycles. The zero-order valence-electron chi connectivity index (χ0n) is 10.8. The first kappa shape index (κ1) is 13.1. The highest BCUT2D eigenvalue weighted by Gasteiger charge is 2.16. The fourth-order valence-electron chi connectivity index (χ4n) is 2.24. The lowest BCUT2D eigenvalue weighted by Gasteiger charge is -2.08. The van der Waals surface area contributed by atoms with Crippen molar-refractivity contribution >= 4 is 17.0 Å². The van der Waals surface area contributed by atoms with Gasteiger partial charge < -0.3 is 14.8 Å². The predicted molar refractivity (Wildman–Crippen MR) is 73.9 cm³/mol. The van der Waals surface area contributed by atoms with Gasteiger partial charge in [0.1, 0.15) is 22.9 Å². The molecule has 0 amide bonds. The molecule has 2 N–H and O–H groups in total. The Labute approximate surface area is 118 Å². The second-order valence-electron chi connectivity index (χ2n) is 4.65. The zero-order valence-corrected chi connectivity index (χ0v) is 10.8. The van der Waals surface area contributed by atoms with Crippen LogP contribution in [-0.2, 0) is 6.54 Å². The number of pyridine rings is 1. The first-order valence-corrected chi connectivity index (χ1v) is 6.20. The smallest absolute Gasteiger partial charge is 0.352 e. The molecule has 0 fully saturated rings. The van der Waals surface area contributed by atoms with Crippen LogP contribution in [0.2, 0.25) is 0 Å². The monoisotopic (exact) mass is 286 g/mol. The first-order valence-electron chi connectivity index (χ1n) is 6.20. The van der Waals surface area contributed by atoms with E-state index in [1.165, 1.54) is 35.0 Å². The van der Waals surface area contributed by atoms with E-state index in [2.05, 4.69) is 4.98 Å². The lowest BCUT2D eigenvalue weighted by atomic mass is 10.2. The number of hydrogen-bond donors (Lipinski definition) is 2. The molecule has 0 spiro atoms. The van der Waals surface area contributed by atoms with Gasteiger partial charge in [0, 0.05) is 11.9 Å². The average Bonchev–Trinajstić information content (AvgIpc) is 2.79. The summed E-state index contributed by atoms with van der Waals surface area (Å²) < 4.78 is 14.4. The van der Waals surface area contributed by atoms with Crippen molar-refractivity contribution in [2.45, 2.75) is 6.54 Å². The number of aromatic hydroxyl groups is 1. The van der Waals surface area contributed by atoms with Crippen molar-refractivity contribution in [2.75, 3.05) is 0 Å². The third kappa shape index (κ3) is 2.43. The maximum atomic E-state index is 12.9.